The summed E-state index contributed by atoms with van der Waals surface area (Å²) >= 11 is 0. The number of methoxy groups -OCH3 is 1. The van der Waals surface area contributed by atoms with Crippen LogP contribution >= 0.6 is 0 Å². The minimum atomic E-state index is 0.226. The third kappa shape index (κ3) is 9.88. The van der Waals surface area contributed by atoms with Crippen LogP contribution in [0.5, 0.6) is 0 Å². The molecule has 0 saturated heterocycles. The molecule has 0 saturated carbocycles. The van der Waals surface area contributed by atoms with Gasteiger partial charge in [-0.1, -0.05) is 0 Å². The van der Waals surface area contributed by atoms with Gasteiger partial charge in [0.2, 0.25) is 0 Å². The Kier molecular flexibility index (Phi) is 10.8. The molecule has 0 aliphatic carbocycles. The number of hydrogen-bond donors (Lipinski definition) is 1. The molecule has 3 nitrogen and oxygen atoms in total. The van der Waals surface area contributed by atoms with E-state index in [1.165, 1.54) is 0 Å². The molecule has 0 aromatic carbocycles. The molecule has 0 atom stereocenters. The van der Waals surface area contributed by atoms with Gasteiger partial charge in [0.15, 0.2) is 0 Å². The van der Waals surface area contributed by atoms with E-state index in [9.17, 15) is 0 Å². The monoisotopic (exact) mass is 176 g/mol. The van der Waals surface area contributed by atoms with Crippen molar-refractivity contribution in [2.45, 2.75) is 25.7 Å². The molecule has 0 aliphatic rings. The number of aliphatic hydroxyl groups is 1. The highest BCUT2D eigenvalue weighted by Gasteiger charge is 1.89. The van der Waals surface area contributed by atoms with E-state index in [-0.39, 0.29) is 6.61 Å². The molecule has 0 unspecified atom stereocenters. The molecule has 0 aliphatic heterocycles. The topological polar surface area (TPSA) is 38.7 Å². The van der Waals surface area contributed by atoms with Crippen LogP contribution in [0.1, 0.15) is 25.7 Å². The second kappa shape index (κ2) is 10.9. The molecule has 3 heteroatoms. The lowest BCUT2D eigenvalue weighted by atomic mass is 10.2. The summed E-state index contributed by atoms with van der Waals surface area (Å²) in [5, 5.41) is 8.44. The van der Waals surface area contributed by atoms with Gasteiger partial charge >= 0.3 is 0 Å². The van der Waals surface area contributed by atoms with E-state index >= 15 is 0 Å². The zero-order valence-electron chi connectivity index (χ0n) is 7.92. The average molecular weight is 176 g/mol. The average Bonchev–Trinajstić information content (AvgIpc) is 2.10. The third-order valence-corrected chi connectivity index (χ3v) is 1.58. The first-order valence-electron chi connectivity index (χ1n) is 4.59. The molecule has 0 aromatic heterocycles. The van der Waals surface area contributed by atoms with Gasteiger partial charge in [0.1, 0.15) is 0 Å². The highest BCUT2D eigenvalue weighted by atomic mass is 16.5. The zero-order chi connectivity index (χ0) is 9.07. The fraction of sp³-hybridized carbons (Fsp3) is 1.00. The van der Waals surface area contributed by atoms with Crippen molar-refractivity contribution in [1.82, 2.24) is 0 Å². The predicted molar refractivity (Wildman–Crippen MR) is 48.2 cm³/mol. The van der Waals surface area contributed by atoms with Gasteiger partial charge in [-0.2, -0.15) is 0 Å². The molecule has 0 fully saturated rings. The van der Waals surface area contributed by atoms with Gasteiger partial charge in [-0.15, -0.1) is 0 Å². The first kappa shape index (κ1) is 11.9. The Bertz CT molecular complexity index is 66.2. The Morgan fingerprint density at radius 3 is 2.25 bits per heavy atom. The minimum absolute atomic E-state index is 0.226. The van der Waals surface area contributed by atoms with Crippen LogP contribution in [0.3, 0.4) is 0 Å². The largest absolute Gasteiger partial charge is 0.396 e. The summed E-state index contributed by atoms with van der Waals surface area (Å²) in [6.45, 7) is 2.56. The summed E-state index contributed by atoms with van der Waals surface area (Å²) in [5.41, 5.74) is 0. The molecule has 12 heavy (non-hydrogen) atoms. The predicted octanol–water partition coefficient (Wildman–Crippen LogP) is 1.20. The Labute approximate surface area is 74.7 Å². The van der Waals surface area contributed by atoms with Crippen LogP contribution in [0.4, 0.5) is 0 Å². The molecule has 0 amide bonds. The van der Waals surface area contributed by atoms with Gasteiger partial charge < -0.3 is 14.6 Å². The number of unbranched alkanes of at least 4 members (excludes halogenated alkanes) is 2. The maximum absolute atomic E-state index is 8.44. The smallest absolute Gasteiger partial charge is 0.0487 e. The summed E-state index contributed by atoms with van der Waals surface area (Å²) in [4.78, 5) is 0. The van der Waals surface area contributed by atoms with Crippen LogP contribution in [0.25, 0.3) is 0 Å². The summed E-state index contributed by atoms with van der Waals surface area (Å²) < 4.78 is 10.2. The lowest BCUT2D eigenvalue weighted by molar-refractivity contribution is 0.110. The molecule has 0 radical (unpaired) electrons. The number of aliphatic hydroxyl groups excluding tert-OH is 1. The minimum Gasteiger partial charge on any atom is -0.396 e. The Hall–Kier alpha value is -0.120. The zero-order valence-corrected chi connectivity index (χ0v) is 7.92. The van der Waals surface area contributed by atoms with Gasteiger partial charge in [-0.25, -0.2) is 0 Å². The fourth-order valence-corrected chi connectivity index (χ4v) is 0.896. The molecule has 0 heterocycles. The second-order valence-corrected chi connectivity index (χ2v) is 2.74. The van der Waals surface area contributed by atoms with E-state index in [2.05, 4.69) is 0 Å². The Balaban J connectivity index is 2.73. The summed E-state index contributed by atoms with van der Waals surface area (Å²) in [5.74, 6) is 0. The maximum Gasteiger partial charge on any atom is 0.0487 e. The van der Waals surface area contributed by atoms with Crippen molar-refractivity contribution in [3.05, 3.63) is 0 Å². The molecule has 0 rings (SSSR count). The Morgan fingerprint density at radius 1 is 0.917 bits per heavy atom. The maximum atomic E-state index is 8.44. The molecule has 1 N–H and O–H groups in total. The fourth-order valence-electron chi connectivity index (χ4n) is 0.896. The van der Waals surface area contributed by atoms with Gasteiger partial charge in [-0.3, -0.25) is 0 Å². The number of hydrogen-bond acceptors (Lipinski definition) is 3. The van der Waals surface area contributed by atoms with Crippen molar-refractivity contribution in [2.75, 3.05) is 33.5 Å². The van der Waals surface area contributed by atoms with E-state index < -0.39 is 0 Å². The molecule has 74 valence electrons. The molecule has 0 aromatic rings. The van der Waals surface area contributed by atoms with Crippen molar-refractivity contribution in [3.63, 3.8) is 0 Å². The highest BCUT2D eigenvalue weighted by Crippen LogP contribution is 1.96. The normalized spacial score (nSPS) is 10.5. The van der Waals surface area contributed by atoms with Crippen LogP contribution < -0.4 is 0 Å². The summed E-state index contributed by atoms with van der Waals surface area (Å²) in [7, 11) is 1.72. The van der Waals surface area contributed by atoms with Crippen molar-refractivity contribution in [3.8, 4) is 0 Å². The van der Waals surface area contributed by atoms with E-state index in [1.807, 2.05) is 0 Å². The van der Waals surface area contributed by atoms with Crippen LogP contribution in [0.15, 0.2) is 0 Å². The van der Waals surface area contributed by atoms with Gasteiger partial charge in [0.25, 0.3) is 0 Å². The third-order valence-electron chi connectivity index (χ3n) is 1.58. The van der Waals surface area contributed by atoms with Crippen molar-refractivity contribution in [1.29, 1.82) is 0 Å². The molecule has 0 bridgehead atoms. The summed E-state index contributed by atoms with van der Waals surface area (Å²) in [6.07, 6.45) is 4.11. The molecular formula is C9H20O3. The SMILES string of the molecule is COCCCCCOCCCO. The van der Waals surface area contributed by atoms with Crippen molar-refractivity contribution >= 4 is 0 Å². The number of rotatable bonds is 9. The Morgan fingerprint density at radius 2 is 1.58 bits per heavy atom. The first-order chi connectivity index (χ1) is 5.91. The van der Waals surface area contributed by atoms with Gasteiger partial charge in [0.05, 0.1) is 0 Å². The lowest BCUT2D eigenvalue weighted by Crippen LogP contribution is -1.99. The highest BCUT2D eigenvalue weighted by molar-refractivity contribution is 4.40. The molecule has 0 spiro atoms. The van der Waals surface area contributed by atoms with Crippen LogP contribution in [0, 0.1) is 0 Å². The second-order valence-electron chi connectivity index (χ2n) is 2.74. The van der Waals surface area contributed by atoms with E-state index in [1.54, 1.807) is 7.11 Å². The lowest BCUT2D eigenvalue weighted by Gasteiger charge is -2.02. The van der Waals surface area contributed by atoms with Crippen LogP contribution in [-0.4, -0.2) is 38.6 Å². The van der Waals surface area contributed by atoms with Crippen LogP contribution in [-0.2, 0) is 9.47 Å². The quantitative estimate of drug-likeness (QED) is 0.536. The van der Waals surface area contributed by atoms with E-state index in [0.717, 1.165) is 38.9 Å². The van der Waals surface area contributed by atoms with Crippen molar-refractivity contribution < 1.29 is 14.6 Å². The van der Waals surface area contributed by atoms with Gasteiger partial charge in [0, 0.05) is 33.5 Å². The first-order valence-corrected chi connectivity index (χ1v) is 4.59. The van der Waals surface area contributed by atoms with Gasteiger partial charge in [-0.05, 0) is 25.7 Å². The van der Waals surface area contributed by atoms with E-state index in [0.29, 0.717) is 6.61 Å². The number of ether oxygens (including phenoxy) is 2. The molecular weight excluding hydrogens is 156 g/mol. The van der Waals surface area contributed by atoms with Crippen molar-refractivity contribution in [2.24, 2.45) is 0 Å². The van der Waals surface area contributed by atoms with E-state index in [4.69, 9.17) is 14.6 Å². The van der Waals surface area contributed by atoms with Crippen LogP contribution in [0.2, 0.25) is 0 Å². The standard InChI is InChI=1S/C9H20O3/c1-11-7-3-2-4-8-12-9-5-6-10/h10H,2-9H2,1H3. The summed E-state index contributed by atoms with van der Waals surface area (Å²) in [6, 6.07) is 0.